The van der Waals surface area contributed by atoms with Crippen LogP contribution in [0.2, 0.25) is 0 Å². The number of fused-ring (bicyclic) bond motifs is 2. The fourth-order valence-corrected chi connectivity index (χ4v) is 4.53. The van der Waals surface area contributed by atoms with Crippen molar-refractivity contribution in [3.8, 4) is 5.75 Å². The number of hydrogen-bond donors (Lipinski definition) is 2. The smallest absolute Gasteiger partial charge is 0.171 e. The molecule has 2 bridgehead atoms. The molecule has 2 aliphatic carbocycles. The lowest BCUT2D eigenvalue weighted by molar-refractivity contribution is 0.279. The van der Waals surface area contributed by atoms with Gasteiger partial charge in [0.05, 0.1) is 12.3 Å². The van der Waals surface area contributed by atoms with Crippen molar-refractivity contribution >= 4 is 23.0 Å². The molecule has 22 heavy (non-hydrogen) atoms. The van der Waals surface area contributed by atoms with E-state index >= 15 is 0 Å². The van der Waals surface area contributed by atoms with Crippen LogP contribution in [0.4, 0.5) is 5.69 Å². The molecular formula is C18H26N2OS. The van der Waals surface area contributed by atoms with Crippen molar-refractivity contribution < 1.29 is 4.74 Å². The zero-order valence-electron chi connectivity index (χ0n) is 13.5. The van der Waals surface area contributed by atoms with E-state index in [1.165, 1.54) is 25.7 Å². The molecule has 0 radical (unpaired) electrons. The summed E-state index contributed by atoms with van der Waals surface area (Å²) in [5.74, 6) is 3.51. The van der Waals surface area contributed by atoms with E-state index in [-0.39, 0.29) is 0 Å². The molecule has 2 saturated carbocycles. The van der Waals surface area contributed by atoms with Crippen molar-refractivity contribution in [2.24, 2.45) is 17.8 Å². The Labute approximate surface area is 138 Å². The maximum atomic E-state index is 5.63. The summed E-state index contributed by atoms with van der Waals surface area (Å²) >= 11 is 5.50. The van der Waals surface area contributed by atoms with Crippen molar-refractivity contribution in [1.29, 1.82) is 0 Å². The van der Waals surface area contributed by atoms with Gasteiger partial charge < -0.3 is 15.4 Å². The number of ether oxygens (including phenoxy) is 1. The fourth-order valence-electron chi connectivity index (χ4n) is 4.23. The van der Waals surface area contributed by atoms with Gasteiger partial charge in [0.25, 0.3) is 0 Å². The summed E-state index contributed by atoms with van der Waals surface area (Å²) in [6.45, 7) is 4.92. The van der Waals surface area contributed by atoms with E-state index in [2.05, 4.69) is 17.6 Å². The number of benzene rings is 1. The molecule has 4 unspecified atom stereocenters. The highest BCUT2D eigenvalue weighted by Gasteiger charge is 2.41. The van der Waals surface area contributed by atoms with Crippen LogP contribution >= 0.6 is 12.2 Å². The lowest BCUT2D eigenvalue weighted by Crippen LogP contribution is -2.42. The lowest BCUT2D eigenvalue weighted by atomic mass is 9.84. The third-order valence-corrected chi connectivity index (χ3v) is 5.45. The molecule has 0 spiro atoms. The van der Waals surface area contributed by atoms with Crippen molar-refractivity contribution in [3.05, 3.63) is 24.3 Å². The lowest BCUT2D eigenvalue weighted by Gasteiger charge is -2.29. The molecular weight excluding hydrogens is 292 g/mol. The molecule has 3 nitrogen and oxygen atoms in total. The standard InChI is InChI=1S/C18H26N2OS/c1-3-21-17-7-5-4-6-16(17)20-18(22)19-12(2)15-11-13-8-9-14(15)10-13/h4-7,12-15H,3,8-11H2,1-2H3,(H2,19,20,22). The van der Waals surface area contributed by atoms with E-state index in [9.17, 15) is 0 Å². The molecule has 0 saturated heterocycles. The Kier molecular flexibility index (Phi) is 4.87. The predicted molar refractivity (Wildman–Crippen MR) is 95.4 cm³/mol. The Morgan fingerprint density at radius 1 is 1.32 bits per heavy atom. The zero-order chi connectivity index (χ0) is 15.5. The summed E-state index contributed by atoms with van der Waals surface area (Å²) in [6, 6.07) is 8.38. The fraction of sp³-hybridized carbons (Fsp3) is 0.611. The van der Waals surface area contributed by atoms with Gasteiger partial charge >= 0.3 is 0 Å². The maximum absolute atomic E-state index is 5.63. The summed E-state index contributed by atoms with van der Waals surface area (Å²) in [5.41, 5.74) is 0.932. The number of rotatable bonds is 5. The van der Waals surface area contributed by atoms with E-state index in [0.29, 0.717) is 17.8 Å². The van der Waals surface area contributed by atoms with Crippen LogP contribution in [0.1, 0.15) is 39.5 Å². The Balaban J connectivity index is 1.56. The van der Waals surface area contributed by atoms with Gasteiger partial charge in [-0.1, -0.05) is 18.6 Å². The van der Waals surface area contributed by atoms with Crippen molar-refractivity contribution in [3.63, 3.8) is 0 Å². The average Bonchev–Trinajstić information content (AvgIpc) is 3.12. The molecule has 2 aliphatic rings. The summed E-state index contributed by atoms with van der Waals surface area (Å²) in [6.07, 6.45) is 5.66. The summed E-state index contributed by atoms with van der Waals surface area (Å²) in [4.78, 5) is 0. The van der Waals surface area contributed by atoms with E-state index in [4.69, 9.17) is 17.0 Å². The number of hydrogen-bond acceptors (Lipinski definition) is 2. The molecule has 0 aliphatic heterocycles. The first-order valence-electron chi connectivity index (χ1n) is 8.46. The first-order chi connectivity index (χ1) is 10.7. The van der Waals surface area contributed by atoms with Crippen molar-refractivity contribution in [2.45, 2.75) is 45.6 Å². The Morgan fingerprint density at radius 2 is 2.14 bits per heavy atom. The Morgan fingerprint density at radius 3 is 2.82 bits per heavy atom. The van der Waals surface area contributed by atoms with Gasteiger partial charge in [-0.05, 0) is 75.2 Å². The third kappa shape index (κ3) is 3.37. The van der Waals surface area contributed by atoms with E-state index in [0.717, 1.165) is 29.2 Å². The molecule has 1 aromatic carbocycles. The van der Waals surface area contributed by atoms with Crippen molar-refractivity contribution in [1.82, 2.24) is 5.32 Å². The van der Waals surface area contributed by atoms with Gasteiger partial charge in [-0.2, -0.15) is 0 Å². The molecule has 4 heteroatoms. The zero-order valence-corrected chi connectivity index (χ0v) is 14.3. The number of nitrogens with one attached hydrogen (secondary N) is 2. The number of anilines is 1. The number of thiocarbonyl (C=S) groups is 1. The van der Waals surface area contributed by atoms with E-state index in [1.54, 1.807) is 0 Å². The molecule has 120 valence electrons. The van der Waals surface area contributed by atoms with Crippen LogP contribution in [-0.4, -0.2) is 17.8 Å². The summed E-state index contributed by atoms with van der Waals surface area (Å²) in [7, 11) is 0. The monoisotopic (exact) mass is 318 g/mol. The minimum Gasteiger partial charge on any atom is -0.492 e. The number of para-hydroxylation sites is 2. The van der Waals surface area contributed by atoms with Gasteiger partial charge in [-0.25, -0.2) is 0 Å². The van der Waals surface area contributed by atoms with Crippen LogP contribution in [-0.2, 0) is 0 Å². The quantitative estimate of drug-likeness (QED) is 0.797. The van der Waals surface area contributed by atoms with Crippen molar-refractivity contribution in [2.75, 3.05) is 11.9 Å². The molecule has 0 heterocycles. The second kappa shape index (κ2) is 6.86. The molecule has 0 amide bonds. The van der Waals surface area contributed by atoms with Gasteiger partial charge in [-0.15, -0.1) is 0 Å². The molecule has 3 rings (SSSR count). The minimum atomic E-state index is 0.439. The second-order valence-corrected chi connectivity index (χ2v) is 7.06. The highest BCUT2D eigenvalue weighted by Crippen LogP contribution is 2.49. The third-order valence-electron chi connectivity index (χ3n) is 5.23. The van der Waals surface area contributed by atoms with E-state index < -0.39 is 0 Å². The van der Waals surface area contributed by atoms with E-state index in [1.807, 2.05) is 31.2 Å². The summed E-state index contributed by atoms with van der Waals surface area (Å²) < 4.78 is 5.63. The normalized spacial score (nSPS) is 27.5. The van der Waals surface area contributed by atoms with Crippen LogP contribution in [0, 0.1) is 17.8 Å². The highest BCUT2D eigenvalue weighted by molar-refractivity contribution is 7.80. The predicted octanol–water partition coefficient (Wildman–Crippen LogP) is 4.20. The minimum absolute atomic E-state index is 0.439. The van der Waals surface area contributed by atoms with Crippen LogP contribution < -0.4 is 15.4 Å². The van der Waals surface area contributed by atoms with Gasteiger partial charge in [-0.3, -0.25) is 0 Å². The highest BCUT2D eigenvalue weighted by atomic mass is 32.1. The first kappa shape index (κ1) is 15.6. The van der Waals surface area contributed by atoms with Crippen LogP contribution in [0.25, 0.3) is 0 Å². The van der Waals surface area contributed by atoms with Crippen LogP contribution in [0.3, 0.4) is 0 Å². The molecule has 2 fully saturated rings. The topological polar surface area (TPSA) is 33.3 Å². The van der Waals surface area contributed by atoms with Gasteiger partial charge in [0, 0.05) is 6.04 Å². The van der Waals surface area contributed by atoms with Crippen LogP contribution in [0.5, 0.6) is 5.75 Å². The van der Waals surface area contributed by atoms with Crippen LogP contribution in [0.15, 0.2) is 24.3 Å². The van der Waals surface area contributed by atoms with Gasteiger partial charge in [0.15, 0.2) is 5.11 Å². The molecule has 2 N–H and O–H groups in total. The molecule has 0 aromatic heterocycles. The Bertz CT molecular complexity index is 534. The Hall–Kier alpha value is -1.29. The SMILES string of the molecule is CCOc1ccccc1NC(=S)NC(C)C1CC2CCC1C2. The molecule has 1 aromatic rings. The average molecular weight is 318 g/mol. The van der Waals surface area contributed by atoms with Gasteiger partial charge in [0.1, 0.15) is 5.75 Å². The largest absolute Gasteiger partial charge is 0.492 e. The first-order valence-corrected chi connectivity index (χ1v) is 8.87. The van der Waals surface area contributed by atoms with Gasteiger partial charge in [0.2, 0.25) is 0 Å². The maximum Gasteiger partial charge on any atom is 0.171 e. The molecule has 4 atom stereocenters. The summed E-state index contributed by atoms with van der Waals surface area (Å²) in [5, 5.41) is 7.48. The second-order valence-electron chi connectivity index (χ2n) is 6.66.